The molecule has 0 saturated carbocycles. The first kappa shape index (κ1) is 13.7. The maximum absolute atomic E-state index is 4.60. The fraction of sp³-hybridized carbons (Fsp3) is 0.462. The van der Waals surface area contributed by atoms with Gasteiger partial charge in [0, 0.05) is 29.9 Å². The van der Waals surface area contributed by atoms with E-state index in [9.17, 15) is 0 Å². The molecule has 0 amide bonds. The summed E-state index contributed by atoms with van der Waals surface area (Å²) in [5, 5.41) is 8.60. The molecule has 2 heterocycles. The van der Waals surface area contributed by atoms with Gasteiger partial charge in [0.25, 0.3) is 0 Å². The molecule has 0 saturated heterocycles. The molecule has 98 valence electrons. The number of likely N-dealkylation sites (N-methyl/N-ethyl adjacent to an activating group) is 1. The number of nitrogens with one attached hydrogen (secondary N) is 1. The van der Waals surface area contributed by atoms with Crippen LogP contribution in [0.5, 0.6) is 0 Å². The first-order valence-electron chi connectivity index (χ1n) is 6.06. The van der Waals surface area contributed by atoms with E-state index in [1.807, 2.05) is 18.4 Å². The van der Waals surface area contributed by atoms with Crippen LogP contribution >= 0.6 is 22.7 Å². The lowest BCUT2D eigenvalue weighted by molar-refractivity contribution is 0.328. The van der Waals surface area contributed by atoms with Gasteiger partial charge in [0.15, 0.2) is 0 Å². The second kappa shape index (κ2) is 6.99. The van der Waals surface area contributed by atoms with Gasteiger partial charge in [-0.15, -0.1) is 22.7 Å². The fourth-order valence-electron chi connectivity index (χ4n) is 1.77. The molecule has 0 aliphatic carbocycles. The summed E-state index contributed by atoms with van der Waals surface area (Å²) in [5.41, 5.74) is 1.18. The summed E-state index contributed by atoms with van der Waals surface area (Å²) in [4.78, 5) is 8.39. The van der Waals surface area contributed by atoms with Gasteiger partial charge in [0.2, 0.25) is 0 Å². The van der Waals surface area contributed by atoms with Gasteiger partial charge in [-0.3, -0.25) is 0 Å². The van der Waals surface area contributed by atoms with Gasteiger partial charge in [-0.2, -0.15) is 0 Å². The van der Waals surface area contributed by atoms with Gasteiger partial charge < -0.3 is 10.2 Å². The van der Waals surface area contributed by atoms with Crippen LogP contribution in [0.2, 0.25) is 0 Å². The smallest absolute Gasteiger partial charge is 0.107 e. The predicted octanol–water partition coefficient (Wildman–Crippen LogP) is 2.60. The van der Waals surface area contributed by atoms with E-state index in [4.69, 9.17) is 0 Å². The summed E-state index contributed by atoms with van der Waals surface area (Å²) < 4.78 is 0. The molecule has 18 heavy (non-hydrogen) atoms. The lowest BCUT2D eigenvalue weighted by Gasteiger charge is -2.14. The average molecular weight is 281 g/mol. The van der Waals surface area contributed by atoms with Crippen LogP contribution in [-0.2, 0) is 19.5 Å². The van der Waals surface area contributed by atoms with Crippen LogP contribution in [0, 0.1) is 0 Å². The Kier molecular flexibility index (Phi) is 5.31. The lowest BCUT2D eigenvalue weighted by Crippen LogP contribution is -2.20. The summed E-state index contributed by atoms with van der Waals surface area (Å²) in [7, 11) is 4.11. The van der Waals surface area contributed by atoms with Gasteiger partial charge in [-0.25, -0.2) is 4.98 Å². The number of hydrogen-bond acceptors (Lipinski definition) is 5. The minimum absolute atomic E-state index is 0.865. The number of hydrogen-bond donors (Lipinski definition) is 1. The number of thiophene rings is 1. The van der Waals surface area contributed by atoms with Crippen molar-refractivity contribution in [1.29, 1.82) is 0 Å². The Balaban J connectivity index is 1.77. The van der Waals surface area contributed by atoms with Crippen LogP contribution in [-0.4, -0.2) is 30.5 Å². The van der Waals surface area contributed by atoms with Crippen LogP contribution in [0.1, 0.15) is 15.6 Å². The molecule has 0 aromatic carbocycles. The number of thiazole rings is 1. The largest absolute Gasteiger partial charge is 0.314 e. The minimum atomic E-state index is 0.865. The molecule has 0 aliphatic heterocycles. The highest BCUT2D eigenvalue weighted by Gasteiger charge is 2.05. The Morgan fingerprint density at radius 2 is 2.28 bits per heavy atom. The van der Waals surface area contributed by atoms with Crippen molar-refractivity contribution in [3.63, 3.8) is 0 Å². The summed E-state index contributed by atoms with van der Waals surface area (Å²) in [6.45, 7) is 2.88. The van der Waals surface area contributed by atoms with Crippen LogP contribution in [0.15, 0.2) is 22.9 Å². The molecule has 2 rings (SSSR count). The van der Waals surface area contributed by atoms with E-state index in [1.54, 1.807) is 11.3 Å². The monoisotopic (exact) mass is 281 g/mol. The second-order valence-electron chi connectivity index (χ2n) is 4.33. The molecule has 5 heteroatoms. The molecule has 0 radical (unpaired) electrons. The third-order valence-corrected chi connectivity index (χ3v) is 4.51. The average Bonchev–Trinajstić information content (AvgIpc) is 2.99. The van der Waals surface area contributed by atoms with Crippen molar-refractivity contribution in [3.05, 3.63) is 38.5 Å². The van der Waals surface area contributed by atoms with Crippen molar-refractivity contribution in [3.8, 4) is 0 Å². The molecular formula is C13H19N3S2. The Labute approximate surface area is 116 Å². The maximum atomic E-state index is 4.60. The highest BCUT2D eigenvalue weighted by Crippen LogP contribution is 2.13. The third-order valence-electron chi connectivity index (χ3n) is 2.68. The molecule has 0 bridgehead atoms. The second-order valence-corrected chi connectivity index (χ2v) is 6.30. The van der Waals surface area contributed by atoms with Crippen molar-refractivity contribution in [1.82, 2.24) is 15.2 Å². The van der Waals surface area contributed by atoms with Gasteiger partial charge in [-0.05, 0) is 32.0 Å². The molecule has 2 aromatic rings. The van der Waals surface area contributed by atoms with Gasteiger partial charge in [-0.1, -0.05) is 6.07 Å². The molecule has 0 unspecified atom stereocenters. The molecule has 0 aliphatic rings. The van der Waals surface area contributed by atoms with Crippen molar-refractivity contribution in [2.75, 3.05) is 20.6 Å². The molecule has 3 nitrogen and oxygen atoms in total. The van der Waals surface area contributed by atoms with E-state index in [0.29, 0.717) is 0 Å². The van der Waals surface area contributed by atoms with E-state index in [2.05, 4.69) is 45.1 Å². The standard InChI is InChI=1S/C13H19N3S2/c1-14-8-13-15-11(10-18-13)9-16(2)6-5-12-4-3-7-17-12/h3-4,7,10,14H,5-6,8-9H2,1-2H3. The van der Waals surface area contributed by atoms with Crippen LogP contribution in [0.4, 0.5) is 0 Å². The first-order valence-corrected chi connectivity index (χ1v) is 7.82. The number of aromatic nitrogens is 1. The first-order chi connectivity index (χ1) is 8.78. The van der Waals surface area contributed by atoms with E-state index in [1.165, 1.54) is 15.6 Å². The zero-order valence-electron chi connectivity index (χ0n) is 10.8. The summed E-state index contributed by atoms with van der Waals surface area (Å²) in [5.74, 6) is 0. The van der Waals surface area contributed by atoms with Crippen molar-refractivity contribution < 1.29 is 0 Å². The maximum Gasteiger partial charge on any atom is 0.107 e. The zero-order chi connectivity index (χ0) is 12.8. The van der Waals surface area contributed by atoms with E-state index in [-0.39, 0.29) is 0 Å². The van der Waals surface area contributed by atoms with Crippen molar-refractivity contribution in [2.45, 2.75) is 19.5 Å². The highest BCUT2D eigenvalue weighted by molar-refractivity contribution is 7.10. The Morgan fingerprint density at radius 3 is 3.00 bits per heavy atom. The van der Waals surface area contributed by atoms with Crippen LogP contribution in [0.3, 0.4) is 0 Å². The van der Waals surface area contributed by atoms with Crippen LogP contribution in [0.25, 0.3) is 0 Å². The quantitative estimate of drug-likeness (QED) is 0.845. The fourth-order valence-corrected chi connectivity index (χ4v) is 3.26. The molecule has 1 N–H and O–H groups in total. The zero-order valence-corrected chi connectivity index (χ0v) is 12.5. The number of nitrogens with zero attached hydrogens (tertiary/aromatic N) is 2. The number of rotatable bonds is 7. The summed E-state index contributed by atoms with van der Waals surface area (Å²) >= 11 is 3.57. The van der Waals surface area contributed by atoms with E-state index in [0.717, 1.165) is 26.1 Å². The van der Waals surface area contributed by atoms with Gasteiger partial charge in [0.1, 0.15) is 5.01 Å². The molecule has 2 aromatic heterocycles. The van der Waals surface area contributed by atoms with Gasteiger partial charge >= 0.3 is 0 Å². The Hall–Kier alpha value is -0.750. The molecule has 0 fully saturated rings. The Morgan fingerprint density at radius 1 is 1.39 bits per heavy atom. The Bertz CT molecular complexity index is 451. The molecule has 0 spiro atoms. The van der Waals surface area contributed by atoms with E-state index >= 15 is 0 Å². The molecular weight excluding hydrogens is 262 g/mol. The minimum Gasteiger partial charge on any atom is -0.314 e. The molecule has 0 atom stereocenters. The summed E-state index contributed by atoms with van der Waals surface area (Å²) in [6, 6.07) is 4.32. The SMILES string of the molecule is CNCc1nc(CN(C)CCc2cccs2)cs1. The van der Waals surface area contributed by atoms with Crippen molar-refractivity contribution in [2.24, 2.45) is 0 Å². The highest BCUT2D eigenvalue weighted by atomic mass is 32.1. The third kappa shape index (κ3) is 4.17. The van der Waals surface area contributed by atoms with Crippen molar-refractivity contribution >= 4 is 22.7 Å². The normalized spacial score (nSPS) is 11.3. The van der Waals surface area contributed by atoms with E-state index < -0.39 is 0 Å². The topological polar surface area (TPSA) is 28.2 Å². The van der Waals surface area contributed by atoms with Crippen LogP contribution < -0.4 is 5.32 Å². The predicted molar refractivity (Wildman–Crippen MR) is 79.2 cm³/mol. The van der Waals surface area contributed by atoms with Gasteiger partial charge in [0.05, 0.1) is 5.69 Å². The summed E-state index contributed by atoms with van der Waals surface area (Å²) in [6.07, 6.45) is 1.13. The lowest BCUT2D eigenvalue weighted by atomic mass is 10.3.